The van der Waals surface area contributed by atoms with E-state index in [9.17, 15) is 4.79 Å². The highest BCUT2D eigenvalue weighted by Crippen LogP contribution is 2.15. The fraction of sp³-hybridized carbons (Fsp3) is 0.105. The number of rotatable bonds is 7. The van der Waals surface area contributed by atoms with Crippen LogP contribution in [-0.2, 0) is 11.3 Å². The minimum absolute atomic E-state index is 0.0946. The molecule has 0 saturated heterocycles. The van der Waals surface area contributed by atoms with Gasteiger partial charge in [-0.25, -0.2) is 4.98 Å². The second-order valence-corrected chi connectivity index (χ2v) is 5.87. The van der Waals surface area contributed by atoms with Crippen molar-refractivity contribution >= 4 is 29.0 Å². The smallest absolute Gasteiger partial charge is 0.262 e. The number of nitrogens with one attached hydrogen (secondary N) is 2. The lowest BCUT2D eigenvalue weighted by Crippen LogP contribution is -2.20. The Morgan fingerprint density at radius 1 is 1.08 bits per heavy atom. The number of halogens is 1. The second-order valence-electron chi connectivity index (χ2n) is 5.44. The zero-order chi connectivity index (χ0) is 18.2. The molecule has 0 atom stereocenters. The minimum Gasteiger partial charge on any atom is -0.484 e. The summed E-state index contributed by atoms with van der Waals surface area (Å²) in [6, 6.07) is 14.3. The molecule has 0 bridgehead atoms. The zero-order valence-corrected chi connectivity index (χ0v) is 14.6. The summed E-state index contributed by atoms with van der Waals surface area (Å²) in [7, 11) is 0. The fourth-order valence-corrected chi connectivity index (χ4v) is 2.27. The van der Waals surface area contributed by atoms with Gasteiger partial charge in [-0.3, -0.25) is 9.78 Å². The molecule has 6 nitrogen and oxygen atoms in total. The molecule has 2 heterocycles. The predicted molar refractivity (Wildman–Crippen MR) is 101 cm³/mol. The number of anilines is 2. The van der Waals surface area contributed by atoms with Crippen LogP contribution in [-0.4, -0.2) is 22.5 Å². The molecule has 0 fully saturated rings. The van der Waals surface area contributed by atoms with Crippen molar-refractivity contribution in [3.8, 4) is 5.75 Å². The summed E-state index contributed by atoms with van der Waals surface area (Å²) in [6.07, 6.45) is 5.12. The molecule has 2 N–H and O–H groups in total. The van der Waals surface area contributed by atoms with E-state index in [0.29, 0.717) is 28.8 Å². The molecule has 26 heavy (non-hydrogen) atoms. The Hall–Kier alpha value is -3.12. The Morgan fingerprint density at radius 3 is 2.62 bits per heavy atom. The van der Waals surface area contributed by atoms with Gasteiger partial charge in [0.2, 0.25) is 0 Å². The molecular weight excluding hydrogens is 352 g/mol. The summed E-state index contributed by atoms with van der Waals surface area (Å²) in [5.74, 6) is 1.03. The number of ether oxygens (including phenoxy) is 1. The first-order chi connectivity index (χ1) is 12.7. The van der Waals surface area contributed by atoms with Crippen LogP contribution in [0.3, 0.4) is 0 Å². The standard InChI is InChI=1S/C19H17ClN4O2/c20-15-3-6-17(7-4-15)26-13-19(25)24-16-5-8-18(23-12-16)22-11-14-2-1-9-21-10-14/h1-10,12H,11,13H2,(H,22,23)(H,24,25). The molecule has 1 aromatic carbocycles. The summed E-state index contributed by atoms with van der Waals surface area (Å²) in [6.45, 7) is 0.532. The highest BCUT2D eigenvalue weighted by atomic mass is 35.5. The van der Waals surface area contributed by atoms with E-state index in [1.165, 1.54) is 0 Å². The summed E-state index contributed by atoms with van der Waals surface area (Å²) in [5, 5.41) is 6.54. The first-order valence-electron chi connectivity index (χ1n) is 7.96. The molecule has 3 rings (SSSR count). The van der Waals surface area contributed by atoms with Gasteiger partial charge in [0, 0.05) is 24.0 Å². The largest absolute Gasteiger partial charge is 0.484 e. The van der Waals surface area contributed by atoms with Crippen LogP contribution in [0.4, 0.5) is 11.5 Å². The van der Waals surface area contributed by atoms with E-state index in [4.69, 9.17) is 16.3 Å². The zero-order valence-electron chi connectivity index (χ0n) is 13.9. The molecule has 0 unspecified atom stereocenters. The molecule has 0 saturated carbocycles. The Morgan fingerprint density at radius 2 is 1.92 bits per heavy atom. The first kappa shape index (κ1) is 17.7. The lowest BCUT2D eigenvalue weighted by atomic mass is 10.3. The summed E-state index contributed by atoms with van der Waals surface area (Å²) < 4.78 is 5.40. The first-order valence-corrected chi connectivity index (χ1v) is 8.34. The molecule has 0 aliphatic carbocycles. The molecular formula is C19H17ClN4O2. The minimum atomic E-state index is -0.266. The van der Waals surface area contributed by atoms with Gasteiger partial charge in [0.05, 0.1) is 11.9 Å². The number of hydrogen-bond donors (Lipinski definition) is 2. The molecule has 3 aromatic rings. The van der Waals surface area contributed by atoms with Gasteiger partial charge in [0.1, 0.15) is 11.6 Å². The van der Waals surface area contributed by atoms with Gasteiger partial charge in [-0.05, 0) is 48.0 Å². The van der Waals surface area contributed by atoms with Crippen molar-refractivity contribution in [2.45, 2.75) is 6.54 Å². The topological polar surface area (TPSA) is 76.1 Å². The number of nitrogens with zero attached hydrogens (tertiary/aromatic N) is 2. The van der Waals surface area contributed by atoms with E-state index in [1.807, 2.05) is 12.1 Å². The van der Waals surface area contributed by atoms with Crippen LogP contribution in [0.2, 0.25) is 5.02 Å². The van der Waals surface area contributed by atoms with Gasteiger partial charge in [-0.15, -0.1) is 0 Å². The number of amides is 1. The van der Waals surface area contributed by atoms with Crippen molar-refractivity contribution in [1.29, 1.82) is 0 Å². The lowest BCUT2D eigenvalue weighted by molar-refractivity contribution is -0.118. The van der Waals surface area contributed by atoms with E-state index < -0.39 is 0 Å². The summed E-state index contributed by atoms with van der Waals surface area (Å²) in [5.41, 5.74) is 1.66. The maximum Gasteiger partial charge on any atom is 0.262 e. The van der Waals surface area contributed by atoms with Gasteiger partial charge in [-0.1, -0.05) is 17.7 Å². The van der Waals surface area contributed by atoms with Crippen LogP contribution >= 0.6 is 11.6 Å². The predicted octanol–water partition coefficient (Wildman–Crippen LogP) is 3.76. The van der Waals surface area contributed by atoms with Gasteiger partial charge in [0.15, 0.2) is 6.61 Å². The number of benzene rings is 1. The number of pyridine rings is 2. The monoisotopic (exact) mass is 368 g/mol. The van der Waals surface area contributed by atoms with Crippen LogP contribution < -0.4 is 15.4 Å². The maximum absolute atomic E-state index is 11.9. The van der Waals surface area contributed by atoms with Crippen molar-refractivity contribution < 1.29 is 9.53 Å². The molecule has 2 aromatic heterocycles. The molecule has 0 radical (unpaired) electrons. The molecule has 7 heteroatoms. The Labute approximate surface area is 156 Å². The quantitative estimate of drug-likeness (QED) is 0.664. The third-order valence-electron chi connectivity index (χ3n) is 3.43. The Balaban J connectivity index is 1.45. The molecule has 0 aliphatic rings. The molecule has 132 valence electrons. The van der Waals surface area contributed by atoms with E-state index in [-0.39, 0.29) is 12.5 Å². The molecule has 1 amide bonds. The normalized spacial score (nSPS) is 10.2. The number of hydrogen-bond acceptors (Lipinski definition) is 5. The van der Waals surface area contributed by atoms with Crippen molar-refractivity contribution in [1.82, 2.24) is 9.97 Å². The summed E-state index contributed by atoms with van der Waals surface area (Å²) >= 11 is 5.80. The fourth-order valence-electron chi connectivity index (χ4n) is 2.14. The Bertz CT molecular complexity index is 840. The van der Waals surface area contributed by atoms with Crippen LogP contribution in [0.5, 0.6) is 5.75 Å². The third kappa shape index (κ3) is 5.46. The van der Waals surface area contributed by atoms with Gasteiger partial charge in [-0.2, -0.15) is 0 Å². The maximum atomic E-state index is 11.9. The average molecular weight is 369 g/mol. The van der Waals surface area contributed by atoms with Crippen LogP contribution in [0.25, 0.3) is 0 Å². The van der Waals surface area contributed by atoms with Crippen LogP contribution in [0.15, 0.2) is 67.1 Å². The SMILES string of the molecule is O=C(COc1ccc(Cl)cc1)Nc1ccc(NCc2cccnc2)nc1. The van der Waals surface area contributed by atoms with Gasteiger partial charge >= 0.3 is 0 Å². The van der Waals surface area contributed by atoms with Gasteiger partial charge in [0.25, 0.3) is 5.91 Å². The summed E-state index contributed by atoms with van der Waals surface area (Å²) in [4.78, 5) is 20.3. The third-order valence-corrected chi connectivity index (χ3v) is 3.68. The van der Waals surface area contributed by atoms with E-state index in [0.717, 1.165) is 5.56 Å². The van der Waals surface area contributed by atoms with Crippen molar-refractivity contribution in [3.63, 3.8) is 0 Å². The van der Waals surface area contributed by atoms with E-state index in [2.05, 4.69) is 20.6 Å². The highest BCUT2D eigenvalue weighted by molar-refractivity contribution is 6.30. The van der Waals surface area contributed by atoms with Crippen molar-refractivity contribution in [2.24, 2.45) is 0 Å². The number of carbonyl (C=O) groups is 1. The number of carbonyl (C=O) groups excluding carboxylic acids is 1. The average Bonchev–Trinajstić information content (AvgIpc) is 2.68. The second kappa shape index (κ2) is 8.82. The van der Waals surface area contributed by atoms with Crippen molar-refractivity contribution in [3.05, 3.63) is 77.7 Å². The van der Waals surface area contributed by atoms with E-state index >= 15 is 0 Å². The van der Waals surface area contributed by atoms with E-state index in [1.54, 1.807) is 55.0 Å². The molecule has 0 spiro atoms. The lowest BCUT2D eigenvalue weighted by Gasteiger charge is -2.09. The van der Waals surface area contributed by atoms with Crippen LogP contribution in [0.1, 0.15) is 5.56 Å². The molecule has 0 aliphatic heterocycles. The number of aromatic nitrogens is 2. The Kier molecular flexibility index (Phi) is 6.01. The van der Waals surface area contributed by atoms with Crippen LogP contribution in [0, 0.1) is 0 Å². The highest BCUT2D eigenvalue weighted by Gasteiger charge is 2.05. The van der Waals surface area contributed by atoms with Crippen molar-refractivity contribution in [2.75, 3.05) is 17.2 Å². The van der Waals surface area contributed by atoms with Gasteiger partial charge < -0.3 is 15.4 Å².